The lowest BCUT2D eigenvalue weighted by Crippen LogP contribution is -2.50. The van der Waals surface area contributed by atoms with Gasteiger partial charge >= 0.3 is 0 Å². The first-order chi connectivity index (χ1) is 14.5. The fourth-order valence-corrected chi connectivity index (χ4v) is 3.58. The van der Waals surface area contributed by atoms with E-state index in [2.05, 4.69) is 15.6 Å². The van der Waals surface area contributed by atoms with Gasteiger partial charge in [0, 0.05) is 50.4 Å². The maximum atomic E-state index is 14.0. The maximum absolute atomic E-state index is 14.0. The van der Waals surface area contributed by atoms with Crippen molar-refractivity contribution in [2.24, 2.45) is 4.99 Å². The SMILES string of the molecule is CN=C(NCc1cccc([N+](=O)[O-])c1)NC1CCCN(Cc2c(F)cccc2F)C1. The van der Waals surface area contributed by atoms with Gasteiger partial charge in [-0.05, 0) is 37.1 Å². The summed E-state index contributed by atoms with van der Waals surface area (Å²) < 4.78 is 27.9. The Kier molecular flexibility index (Phi) is 7.29. The molecular weight excluding hydrogens is 392 g/mol. The molecule has 0 bridgehead atoms. The van der Waals surface area contributed by atoms with Crippen LogP contribution in [-0.2, 0) is 13.1 Å². The van der Waals surface area contributed by atoms with E-state index in [1.165, 1.54) is 30.3 Å². The van der Waals surface area contributed by atoms with E-state index in [1.807, 2.05) is 4.90 Å². The molecule has 2 N–H and O–H groups in total. The molecule has 2 aromatic rings. The number of nitrogens with zero attached hydrogens (tertiary/aromatic N) is 3. The molecule has 1 unspecified atom stereocenters. The van der Waals surface area contributed by atoms with Gasteiger partial charge in [0.25, 0.3) is 5.69 Å². The summed E-state index contributed by atoms with van der Waals surface area (Å²) in [5.74, 6) is -0.482. The molecule has 3 rings (SSSR count). The van der Waals surface area contributed by atoms with Gasteiger partial charge in [-0.25, -0.2) is 8.78 Å². The van der Waals surface area contributed by atoms with Crippen LogP contribution in [0.15, 0.2) is 47.5 Å². The van der Waals surface area contributed by atoms with Crippen LogP contribution in [0, 0.1) is 21.7 Å². The molecule has 0 saturated carbocycles. The molecule has 1 atom stereocenters. The summed E-state index contributed by atoms with van der Waals surface area (Å²) in [7, 11) is 1.65. The van der Waals surface area contributed by atoms with Crippen molar-refractivity contribution in [3.8, 4) is 0 Å². The van der Waals surface area contributed by atoms with E-state index < -0.39 is 16.6 Å². The van der Waals surface area contributed by atoms with Gasteiger partial charge in [0.05, 0.1) is 4.92 Å². The second kappa shape index (κ2) is 10.1. The minimum atomic E-state index is -0.528. The number of halogens is 2. The molecule has 1 heterocycles. The average Bonchev–Trinajstić information content (AvgIpc) is 2.74. The standard InChI is InChI=1S/C21H25F2N5O2/c1-24-21(25-12-15-5-2-7-17(11-15)28(29)30)26-16-6-4-10-27(13-16)14-18-19(22)8-3-9-20(18)23/h2-3,5,7-9,11,16H,4,6,10,12-14H2,1H3,(H2,24,25,26). The van der Waals surface area contributed by atoms with E-state index >= 15 is 0 Å². The lowest BCUT2D eigenvalue weighted by atomic mass is 10.0. The first kappa shape index (κ1) is 21.6. The number of nitro benzene ring substituents is 1. The van der Waals surface area contributed by atoms with Gasteiger partial charge in [-0.1, -0.05) is 18.2 Å². The van der Waals surface area contributed by atoms with Crippen molar-refractivity contribution in [1.82, 2.24) is 15.5 Å². The van der Waals surface area contributed by atoms with Gasteiger partial charge in [0.15, 0.2) is 5.96 Å². The second-order valence-corrected chi connectivity index (χ2v) is 7.27. The average molecular weight is 417 g/mol. The lowest BCUT2D eigenvalue weighted by molar-refractivity contribution is -0.384. The van der Waals surface area contributed by atoms with E-state index in [0.29, 0.717) is 19.0 Å². The first-order valence-electron chi connectivity index (χ1n) is 9.82. The van der Waals surface area contributed by atoms with Gasteiger partial charge < -0.3 is 10.6 Å². The Morgan fingerprint density at radius 2 is 2.00 bits per heavy atom. The monoisotopic (exact) mass is 417 g/mol. The molecule has 1 fully saturated rings. The summed E-state index contributed by atoms with van der Waals surface area (Å²) in [6, 6.07) is 10.4. The van der Waals surface area contributed by atoms with E-state index in [9.17, 15) is 18.9 Å². The molecule has 0 amide bonds. The highest BCUT2D eigenvalue weighted by molar-refractivity contribution is 5.80. The molecule has 0 aliphatic carbocycles. The molecule has 1 aliphatic rings. The Hall–Kier alpha value is -3.07. The zero-order chi connectivity index (χ0) is 21.5. The van der Waals surface area contributed by atoms with Crippen LogP contribution < -0.4 is 10.6 Å². The molecule has 1 saturated heterocycles. The maximum Gasteiger partial charge on any atom is 0.269 e. The van der Waals surface area contributed by atoms with Crippen molar-refractivity contribution >= 4 is 11.6 Å². The van der Waals surface area contributed by atoms with Crippen molar-refractivity contribution in [3.05, 3.63) is 75.3 Å². The minimum Gasteiger partial charge on any atom is -0.352 e. The first-order valence-corrected chi connectivity index (χ1v) is 9.82. The number of non-ortho nitro benzene ring substituents is 1. The largest absolute Gasteiger partial charge is 0.352 e. The third-order valence-electron chi connectivity index (χ3n) is 5.09. The van der Waals surface area contributed by atoms with Gasteiger partial charge in [-0.2, -0.15) is 0 Å². The Bertz CT molecular complexity index is 902. The number of guanidine groups is 1. The Balaban J connectivity index is 1.55. The van der Waals surface area contributed by atoms with E-state index in [1.54, 1.807) is 19.2 Å². The topological polar surface area (TPSA) is 82.8 Å². The summed E-state index contributed by atoms with van der Waals surface area (Å²) in [5.41, 5.74) is 0.902. The quantitative estimate of drug-likeness (QED) is 0.326. The van der Waals surface area contributed by atoms with Crippen LogP contribution in [0.3, 0.4) is 0 Å². The molecule has 1 aliphatic heterocycles. The van der Waals surface area contributed by atoms with Crippen LogP contribution in [0.4, 0.5) is 14.5 Å². The summed E-state index contributed by atoms with van der Waals surface area (Å²) in [6.45, 7) is 2.01. The normalized spacial score (nSPS) is 17.6. The fraction of sp³-hybridized carbons (Fsp3) is 0.381. The fourth-order valence-electron chi connectivity index (χ4n) is 3.58. The Labute approximate surface area is 174 Å². The van der Waals surface area contributed by atoms with E-state index in [-0.39, 0.29) is 23.8 Å². The number of hydrogen-bond donors (Lipinski definition) is 2. The number of rotatable bonds is 6. The summed E-state index contributed by atoms with van der Waals surface area (Å²) in [5, 5.41) is 17.4. The number of benzene rings is 2. The molecular formula is C21H25F2N5O2. The third kappa shape index (κ3) is 5.73. The van der Waals surface area contributed by atoms with Crippen LogP contribution in [-0.4, -0.2) is 42.0 Å². The van der Waals surface area contributed by atoms with Crippen molar-refractivity contribution in [1.29, 1.82) is 0 Å². The van der Waals surface area contributed by atoms with Gasteiger partial charge in [-0.15, -0.1) is 0 Å². The molecule has 0 aromatic heterocycles. The van der Waals surface area contributed by atoms with Crippen LogP contribution in [0.2, 0.25) is 0 Å². The molecule has 30 heavy (non-hydrogen) atoms. The van der Waals surface area contributed by atoms with Crippen LogP contribution >= 0.6 is 0 Å². The van der Waals surface area contributed by atoms with Crippen molar-refractivity contribution in [2.45, 2.75) is 32.0 Å². The minimum absolute atomic E-state index is 0.0422. The molecule has 2 aromatic carbocycles. The van der Waals surface area contributed by atoms with Gasteiger partial charge in [-0.3, -0.25) is 20.0 Å². The van der Waals surface area contributed by atoms with E-state index in [4.69, 9.17) is 0 Å². The van der Waals surface area contributed by atoms with Crippen LogP contribution in [0.5, 0.6) is 0 Å². The van der Waals surface area contributed by atoms with Crippen molar-refractivity contribution in [2.75, 3.05) is 20.1 Å². The number of piperidine rings is 1. The molecule has 0 radical (unpaired) electrons. The third-order valence-corrected chi connectivity index (χ3v) is 5.09. The zero-order valence-corrected chi connectivity index (χ0v) is 16.8. The smallest absolute Gasteiger partial charge is 0.269 e. The summed E-state index contributed by atoms with van der Waals surface area (Å²) >= 11 is 0. The van der Waals surface area contributed by atoms with Crippen LogP contribution in [0.25, 0.3) is 0 Å². The predicted molar refractivity (Wildman–Crippen MR) is 111 cm³/mol. The highest BCUT2D eigenvalue weighted by atomic mass is 19.1. The van der Waals surface area contributed by atoms with Crippen molar-refractivity contribution < 1.29 is 13.7 Å². The van der Waals surface area contributed by atoms with Crippen LogP contribution in [0.1, 0.15) is 24.0 Å². The second-order valence-electron chi connectivity index (χ2n) is 7.27. The zero-order valence-electron chi connectivity index (χ0n) is 16.8. The van der Waals surface area contributed by atoms with E-state index in [0.717, 1.165) is 24.9 Å². The Morgan fingerprint density at radius 1 is 1.27 bits per heavy atom. The number of aliphatic imine (C=N–C) groups is 1. The molecule has 0 spiro atoms. The van der Waals surface area contributed by atoms with Gasteiger partial charge in [0.2, 0.25) is 0 Å². The molecule has 160 valence electrons. The molecule has 9 heteroatoms. The number of hydrogen-bond acceptors (Lipinski definition) is 4. The number of likely N-dealkylation sites (tertiary alicyclic amines) is 1. The number of nitro groups is 1. The highest BCUT2D eigenvalue weighted by Gasteiger charge is 2.22. The predicted octanol–water partition coefficient (Wildman–Crippen LogP) is 3.20. The van der Waals surface area contributed by atoms with Crippen molar-refractivity contribution in [3.63, 3.8) is 0 Å². The highest BCUT2D eigenvalue weighted by Crippen LogP contribution is 2.18. The molecule has 7 nitrogen and oxygen atoms in total. The summed E-state index contributed by atoms with van der Waals surface area (Å²) in [6.07, 6.45) is 1.81. The lowest BCUT2D eigenvalue weighted by Gasteiger charge is -2.34. The summed E-state index contributed by atoms with van der Waals surface area (Å²) in [4.78, 5) is 16.7. The number of nitrogens with one attached hydrogen (secondary N) is 2. The van der Waals surface area contributed by atoms with Gasteiger partial charge in [0.1, 0.15) is 11.6 Å². The Morgan fingerprint density at radius 3 is 2.70 bits per heavy atom.